The molecule has 0 saturated heterocycles. The van der Waals surface area contributed by atoms with Crippen LogP contribution in [0.15, 0.2) is 42.5 Å². The molecule has 0 atom stereocenters. The van der Waals surface area contributed by atoms with E-state index in [9.17, 15) is 4.79 Å². The van der Waals surface area contributed by atoms with E-state index in [1.54, 1.807) is 25.1 Å². The molecule has 2 aromatic rings. The molecule has 2 rings (SSSR count). The van der Waals surface area contributed by atoms with Gasteiger partial charge in [-0.05, 0) is 43.7 Å². The molecule has 0 heterocycles. The molecule has 4 heteroatoms. The topological polar surface area (TPSA) is 77.8 Å². The van der Waals surface area contributed by atoms with Crippen molar-refractivity contribution in [3.8, 4) is 11.5 Å². The van der Waals surface area contributed by atoms with Gasteiger partial charge in [-0.25, -0.2) is 4.79 Å². The second-order valence-electron chi connectivity index (χ2n) is 4.14. The number of phenols is 2. The molecule has 0 aliphatic rings. The summed E-state index contributed by atoms with van der Waals surface area (Å²) in [6, 6.07) is 11.4. The van der Waals surface area contributed by atoms with Gasteiger partial charge in [0.15, 0.2) is 0 Å². The summed E-state index contributed by atoms with van der Waals surface area (Å²) in [6.07, 6.45) is 0. The number of carboxylic acids is 1. The molecule has 3 N–H and O–H groups in total. The third-order valence-corrected chi connectivity index (χ3v) is 2.49. The zero-order valence-electron chi connectivity index (χ0n) is 10.8. The van der Waals surface area contributed by atoms with Crippen LogP contribution in [0.25, 0.3) is 0 Å². The Balaban J connectivity index is 0.000000200. The van der Waals surface area contributed by atoms with E-state index in [1.165, 1.54) is 17.7 Å². The molecule has 0 fully saturated rings. The standard InChI is InChI=1S/C8H8O3.C7H8O/c1-5-2-3-6(9)4-7(5)8(10)11;1-6-2-4-7(8)5-3-6/h2-4,9H,1H3,(H,10,11);2-5,8H,1H3. The molecule has 0 saturated carbocycles. The Kier molecular flexibility index (Phi) is 4.94. The van der Waals surface area contributed by atoms with Crippen LogP contribution in [0, 0.1) is 13.8 Å². The van der Waals surface area contributed by atoms with Crippen molar-refractivity contribution in [2.24, 2.45) is 0 Å². The fourth-order valence-corrected chi connectivity index (χ4v) is 1.39. The number of carboxylic acid groups (broad SMARTS) is 1. The first kappa shape index (κ1) is 14.6. The van der Waals surface area contributed by atoms with E-state index in [0.717, 1.165) is 0 Å². The van der Waals surface area contributed by atoms with E-state index >= 15 is 0 Å². The van der Waals surface area contributed by atoms with Crippen molar-refractivity contribution in [1.82, 2.24) is 0 Å². The molecule has 0 amide bonds. The first-order valence-electron chi connectivity index (χ1n) is 5.68. The van der Waals surface area contributed by atoms with Gasteiger partial charge < -0.3 is 15.3 Å². The first-order chi connectivity index (χ1) is 8.90. The Labute approximate surface area is 111 Å². The maximum atomic E-state index is 10.5. The maximum absolute atomic E-state index is 10.5. The summed E-state index contributed by atoms with van der Waals surface area (Å²) in [5.74, 6) is -0.706. The van der Waals surface area contributed by atoms with Crippen LogP contribution in [-0.2, 0) is 0 Å². The molecule has 2 aromatic carbocycles. The highest BCUT2D eigenvalue weighted by atomic mass is 16.4. The highest BCUT2D eigenvalue weighted by Gasteiger charge is 2.06. The summed E-state index contributed by atoms with van der Waals surface area (Å²) >= 11 is 0. The van der Waals surface area contributed by atoms with Crippen molar-refractivity contribution in [2.45, 2.75) is 13.8 Å². The quantitative estimate of drug-likeness (QED) is 0.736. The van der Waals surface area contributed by atoms with Crippen LogP contribution in [0.4, 0.5) is 0 Å². The van der Waals surface area contributed by atoms with Crippen molar-refractivity contribution >= 4 is 5.97 Å². The number of benzene rings is 2. The number of carbonyl (C=O) groups is 1. The zero-order valence-corrected chi connectivity index (χ0v) is 10.8. The molecular formula is C15H16O4. The molecule has 0 bridgehead atoms. The average molecular weight is 260 g/mol. The van der Waals surface area contributed by atoms with Gasteiger partial charge in [0.1, 0.15) is 11.5 Å². The minimum absolute atomic E-state index is 0.0204. The van der Waals surface area contributed by atoms with Gasteiger partial charge in [0.25, 0.3) is 0 Å². The number of aromatic carboxylic acids is 1. The monoisotopic (exact) mass is 260 g/mol. The van der Waals surface area contributed by atoms with E-state index < -0.39 is 5.97 Å². The minimum Gasteiger partial charge on any atom is -0.508 e. The molecule has 0 unspecified atom stereocenters. The summed E-state index contributed by atoms with van der Waals surface area (Å²) < 4.78 is 0. The van der Waals surface area contributed by atoms with Gasteiger partial charge >= 0.3 is 5.97 Å². The van der Waals surface area contributed by atoms with E-state index in [2.05, 4.69) is 0 Å². The lowest BCUT2D eigenvalue weighted by Gasteiger charge is -1.99. The molecule has 0 aliphatic heterocycles. The molecule has 0 aliphatic carbocycles. The smallest absolute Gasteiger partial charge is 0.336 e. The van der Waals surface area contributed by atoms with Gasteiger partial charge in [-0.2, -0.15) is 0 Å². The van der Waals surface area contributed by atoms with E-state index in [-0.39, 0.29) is 11.3 Å². The predicted molar refractivity (Wildman–Crippen MR) is 72.6 cm³/mol. The number of aromatic hydroxyl groups is 2. The maximum Gasteiger partial charge on any atom is 0.336 e. The molecule has 100 valence electrons. The predicted octanol–water partition coefficient (Wildman–Crippen LogP) is 3.10. The molecule has 0 radical (unpaired) electrons. The molecule has 19 heavy (non-hydrogen) atoms. The van der Waals surface area contributed by atoms with Crippen LogP contribution in [0.1, 0.15) is 21.5 Å². The number of hydrogen-bond donors (Lipinski definition) is 3. The van der Waals surface area contributed by atoms with Gasteiger partial charge in [0, 0.05) is 0 Å². The van der Waals surface area contributed by atoms with Gasteiger partial charge in [0.2, 0.25) is 0 Å². The Bertz CT molecular complexity index is 538. The Hall–Kier alpha value is -2.49. The summed E-state index contributed by atoms with van der Waals surface area (Å²) in [7, 11) is 0. The van der Waals surface area contributed by atoms with Gasteiger partial charge in [-0.1, -0.05) is 23.8 Å². The van der Waals surface area contributed by atoms with Crippen LogP contribution in [0.3, 0.4) is 0 Å². The normalized spacial score (nSPS) is 9.37. The lowest BCUT2D eigenvalue weighted by Crippen LogP contribution is -1.98. The largest absolute Gasteiger partial charge is 0.508 e. The summed E-state index contributed by atoms with van der Waals surface area (Å²) in [4.78, 5) is 10.5. The first-order valence-corrected chi connectivity index (χ1v) is 5.68. The van der Waals surface area contributed by atoms with Crippen LogP contribution in [0.5, 0.6) is 11.5 Å². The molecule has 0 spiro atoms. The lowest BCUT2D eigenvalue weighted by molar-refractivity contribution is 0.0695. The van der Waals surface area contributed by atoms with Crippen molar-refractivity contribution in [3.05, 3.63) is 59.2 Å². The highest BCUT2D eigenvalue weighted by Crippen LogP contribution is 2.15. The summed E-state index contributed by atoms with van der Waals surface area (Å²) in [6.45, 7) is 3.67. The summed E-state index contributed by atoms with van der Waals surface area (Å²) in [5.41, 5.74) is 1.96. The van der Waals surface area contributed by atoms with Gasteiger partial charge in [-0.3, -0.25) is 0 Å². The number of rotatable bonds is 1. The number of phenolic OH excluding ortho intramolecular Hbond substituents is 2. The van der Waals surface area contributed by atoms with E-state index in [4.69, 9.17) is 15.3 Å². The van der Waals surface area contributed by atoms with Crippen molar-refractivity contribution in [3.63, 3.8) is 0 Å². The average Bonchev–Trinajstić information content (AvgIpc) is 2.36. The van der Waals surface area contributed by atoms with Crippen molar-refractivity contribution < 1.29 is 20.1 Å². The van der Waals surface area contributed by atoms with Gasteiger partial charge in [-0.15, -0.1) is 0 Å². The Morgan fingerprint density at radius 1 is 0.895 bits per heavy atom. The molecular weight excluding hydrogens is 244 g/mol. The third-order valence-electron chi connectivity index (χ3n) is 2.49. The summed E-state index contributed by atoms with van der Waals surface area (Å²) in [5, 5.41) is 26.3. The van der Waals surface area contributed by atoms with E-state index in [1.807, 2.05) is 19.1 Å². The van der Waals surface area contributed by atoms with Gasteiger partial charge in [0.05, 0.1) is 5.56 Å². The van der Waals surface area contributed by atoms with Crippen molar-refractivity contribution in [2.75, 3.05) is 0 Å². The fraction of sp³-hybridized carbons (Fsp3) is 0.133. The molecule has 4 nitrogen and oxygen atoms in total. The second-order valence-corrected chi connectivity index (χ2v) is 4.14. The number of aryl methyl sites for hydroxylation is 2. The Morgan fingerprint density at radius 3 is 1.84 bits per heavy atom. The minimum atomic E-state index is -1.02. The SMILES string of the molecule is Cc1ccc(O)cc1.Cc1ccc(O)cc1C(=O)O. The van der Waals surface area contributed by atoms with Crippen LogP contribution >= 0.6 is 0 Å². The Morgan fingerprint density at radius 2 is 1.42 bits per heavy atom. The zero-order chi connectivity index (χ0) is 14.4. The van der Waals surface area contributed by atoms with Crippen molar-refractivity contribution in [1.29, 1.82) is 0 Å². The van der Waals surface area contributed by atoms with E-state index in [0.29, 0.717) is 11.3 Å². The third kappa shape index (κ3) is 4.71. The molecule has 0 aromatic heterocycles. The van der Waals surface area contributed by atoms with Crippen LogP contribution < -0.4 is 0 Å². The lowest BCUT2D eigenvalue weighted by atomic mass is 10.1. The fourth-order valence-electron chi connectivity index (χ4n) is 1.39. The van der Waals surface area contributed by atoms with Crippen LogP contribution in [0.2, 0.25) is 0 Å². The second kappa shape index (κ2) is 6.44. The van der Waals surface area contributed by atoms with Crippen LogP contribution in [-0.4, -0.2) is 21.3 Å². The highest BCUT2D eigenvalue weighted by molar-refractivity contribution is 5.89. The number of hydrogen-bond acceptors (Lipinski definition) is 3.